The number of hydrogen-bond acceptors (Lipinski definition) is 9. The van der Waals surface area contributed by atoms with Gasteiger partial charge in [0.1, 0.15) is 17.5 Å². The number of carbonyl (C=O) groups is 1. The molecular formula is C32H46BFN4O6. The summed E-state index contributed by atoms with van der Waals surface area (Å²) in [4.78, 5) is 16.5. The molecule has 12 heteroatoms. The Balaban J connectivity index is 1.34. The summed E-state index contributed by atoms with van der Waals surface area (Å²) in [5.74, 6) is 1.11. The van der Waals surface area contributed by atoms with Gasteiger partial charge in [-0.15, -0.1) is 10.2 Å². The molecule has 10 nitrogen and oxygen atoms in total. The van der Waals surface area contributed by atoms with Crippen molar-refractivity contribution in [3.63, 3.8) is 0 Å². The van der Waals surface area contributed by atoms with Crippen LogP contribution in [-0.4, -0.2) is 90.4 Å². The quantitative estimate of drug-likeness (QED) is 0.312. The molecule has 44 heavy (non-hydrogen) atoms. The van der Waals surface area contributed by atoms with Crippen LogP contribution in [0.2, 0.25) is 0 Å². The van der Waals surface area contributed by atoms with Crippen molar-refractivity contribution in [1.29, 1.82) is 0 Å². The van der Waals surface area contributed by atoms with Crippen molar-refractivity contribution in [2.45, 2.75) is 115 Å². The lowest BCUT2D eigenvalue weighted by molar-refractivity contribution is -0.0467. The van der Waals surface area contributed by atoms with Crippen LogP contribution in [0.25, 0.3) is 11.3 Å². The summed E-state index contributed by atoms with van der Waals surface area (Å²) in [5.41, 5.74) is 0.569. The Morgan fingerprint density at radius 2 is 1.82 bits per heavy atom. The van der Waals surface area contributed by atoms with Gasteiger partial charge in [0, 0.05) is 25.8 Å². The van der Waals surface area contributed by atoms with Crippen LogP contribution < -0.4 is 15.1 Å². The molecule has 3 aliphatic heterocycles. The van der Waals surface area contributed by atoms with Crippen LogP contribution in [0.5, 0.6) is 5.75 Å². The molecule has 0 spiro atoms. The zero-order valence-corrected chi connectivity index (χ0v) is 27.4. The molecule has 0 radical (unpaired) electrons. The molecule has 3 saturated heterocycles. The Morgan fingerprint density at radius 3 is 2.43 bits per heavy atom. The molecule has 1 aromatic heterocycles. The number of hydrogen-bond donors (Lipinski definition) is 0. The number of benzene rings is 1. The first kappa shape index (κ1) is 32.4. The number of aromatic nitrogens is 2. The number of amides is 1. The molecule has 0 N–H and O–H groups in total. The molecule has 1 aromatic carbocycles. The lowest BCUT2D eigenvalue weighted by Gasteiger charge is -2.52. The van der Waals surface area contributed by atoms with Gasteiger partial charge in [-0.25, -0.2) is 9.18 Å². The van der Waals surface area contributed by atoms with Crippen molar-refractivity contribution in [1.82, 2.24) is 15.1 Å². The van der Waals surface area contributed by atoms with E-state index in [-0.39, 0.29) is 12.8 Å². The van der Waals surface area contributed by atoms with E-state index in [4.69, 9.17) is 23.5 Å². The highest BCUT2D eigenvalue weighted by atomic mass is 19.1. The second kappa shape index (κ2) is 12.1. The third-order valence-electron chi connectivity index (χ3n) is 9.29. The molecule has 3 fully saturated rings. The lowest BCUT2D eigenvalue weighted by atomic mass is 9.78. The molecule has 0 aliphatic carbocycles. The van der Waals surface area contributed by atoms with Crippen molar-refractivity contribution in [2.75, 3.05) is 25.9 Å². The summed E-state index contributed by atoms with van der Waals surface area (Å²) in [5, 5.41) is 8.99. The predicted octanol–water partition coefficient (Wildman–Crippen LogP) is 5.13. The Labute approximate surface area is 260 Å². The van der Waals surface area contributed by atoms with Gasteiger partial charge < -0.3 is 28.4 Å². The highest BCUT2D eigenvalue weighted by Gasteiger charge is 2.52. The van der Waals surface area contributed by atoms with Crippen LogP contribution in [0.1, 0.15) is 74.1 Å². The van der Waals surface area contributed by atoms with Crippen molar-refractivity contribution < 1.29 is 32.7 Å². The maximum absolute atomic E-state index is 16.1. The van der Waals surface area contributed by atoms with E-state index in [2.05, 4.69) is 10.2 Å². The fourth-order valence-corrected chi connectivity index (χ4v) is 6.24. The van der Waals surface area contributed by atoms with E-state index in [0.717, 1.165) is 23.9 Å². The van der Waals surface area contributed by atoms with Crippen LogP contribution in [0, 0.1) is 0 Å². The second-order valence-electron chi connectivity index (χ2n) is 14.1. The van der Waals surface area contributed by atoms with E-state index in [9.17, 15) is 4.79 Å². The van der Waals surface area contributed by atoms with E-state index in [1.807, 2.05) is 90.7 Å². The number of carbonyl (C=O) groups excluding carboxylic acids is 1. The van der Waals surface area contributed by atoms with Gasteiger partial charge in [0.05, 0.1) is 29.0 Å². The number of ether oxygens (including phenoxy) is 3. The standard InChI is InChI=1S/C32H46BFN4O6/c1-30(2,3)42-29(39)38-21-11-10-12-24(38)28(34)25(18-21)37(8)27-16-15-23(35-36-27)22-14-13-20(17-26(22)41-19-40-9)33-43-31(4,5)32(6,7)44-33/h13-17,21,24-25,28H,10-12,18-19H2,1-9H3/t21-,24+,25-,28+/m0/s1. The van der Waals surface area contributed by atoms with Gasteiger partial charge in [0.15, 0.2) is 12.6 Å². The van der Waals surface area contributed by atoms with Crippen molar-refractivity contribution >= 4 is 24.5 Å². The highest BCUT2D eigenvalue weighted by Crippen LogP contribution is 2.40. The molecule has 0 saturated carbocycles. The summed E-state index contributed by atoms with van der Waals surface area (Å²) < 4.78 is 45.3. The molecule has 5 rings (SSSR count). The molecule has 2 aromatic rings. The van der Waals surface area contributed by atoms with Crippen LogP contribution in [0.4, 0.5) is 15.0 Å². The minimum atomic E-state index is -1.25. The first-order valence-electron chi connectivity index (χ1n) is 15.5. The Morgan fingerprint density at radius 1 is 1.11 bits per heavy atom. The Bertz CT molecular complexity index is 1320. The average molecular weight is 613 g/mol. The second-order valence-corrected chi connectivity index (χ2v) is 14.1. The summed E-state index contributed by atoms with van der Waals surface area (Å²) in [6.45, 7) is 13.6. The zero-order valence-electron chi connectivity index (χ0n) is 27.4. The molecule has 4 heterocycles. The molecule has 4 atom stereocenters. The maximum atomic E-state index is 16.1. The molecule has 240 valence electrons. The van der Waals surface area contributed by atoms with Gasteiger partial charge in [-0.3, -0.25) is 4.90 Å². The van der Waals surface area contributed by atoms with Gasteiger partial charge in [-0.2, -0.15) is 0 Å². The molecule has 3 aliphatic rings. The van der Waals surface area contributed by atoms with Crippen molar-refractivity contribution in [3.8, 4) is 17.0 Å². The van der Waals surface area contributed by atoms with Crippen LogP contribution in [-0.2, 0) is 18.8 Å². The van der Waals surface area contributed by atoms with Crippen molar-refractivity contribution in [2.24, 2.45) is 0 Å². The first-order valence-corrected chi connectivity index (χ1v) is 15.5. The number of anilines is 1. The van der Waals surface area contributed by atoms with Crippen LogP contribution >= 0.6 is 0 Å². The Hall–Kier alpha value is -2.96. The average Bonchev–Trinajstić information content (AvgIpc) is 3.18. The van der Waals surface area contributed by atoms with Gasteiger partial charge in [-0.1, -0.05) is 6.07 Å². The molecule has 0 unspecified atom stereocenters. The molecule has 1 amide bonds. The molecule has 2 bridgehead atoms. The summed E-state index contributed by atoms with van der Waals surface area (Å²) >= 11 is 0. The monoisotopic (exact) mass is 612 g/mol. The van der Waals surface area contributed by atoms with Crippen LogP contribution in [0.3, 0.4) is 0 Å². The lowest BCUT2D eigenvalue weighted by Crippen LogP contribution is -2.65. The highest BCUT2D eigenvalue weighted by molar-refractivity contribution is 6.62. The first-order chi connectivity index (χ1) is 20.6. The number of halogens is 1. The fourth-order valence-electron chi connectivity index (χ4n) is 6.24. The summed E-state index contributed by atoms with van der Waals surface area (Å²) in [7, 11) is 2.86. The van der Waals surface area contributed by atoms with Crippen molar-refractivity contribution in [3.05, 3.63) is 30.3 Å². The number of alkyl halides is 1. The molecular weight excluding hydrogens is 566 g/mol. The van der Waals surface area contributed by atoms with E-state index in [1.54, 1.807) is 12.0 Å². The number of nitrogens with zero attached hydrogens (tertiary/aromatic N) is 4. The van der Waals surface area contributed by atoms with E-state index >= 15 is 4.39 Å². The number of methoxy groups -OCH3 is 1. The smallest absolute Gasteiger partial charge is 0.467 e. The summed E-state index contributed by atoms with van der Waals surface area (Å²) in [6.07, 6.45) is 1.13. The topological polar surface area (TPSA) is 95.5 Å². The SMILES string of the molecule is COCOc1cc(B2OC(C)(C)C(C)(C)O2)ccc1-c1ccc(N(C)[C@H]2C[C@@H]3CCC[C@H]([C@H]2F)N3C(=O)OC(C)(C)C)nn1. The third-order valence-corrected chi connectivity index (χ3v) is 9.29. The minimum absolute atomic E-state index is 0.0519. The third kappa shape index (κ3) is 6.39. The number of piperidine rings is 2. The van der Waals surface area contributed by atoms with Gasteiger partial charge in [0.25, 0.3) is 0 Å². The van der Waals surface area contributed by atoms with E-state index < -0.39 is 48.3 Å². The van der Waals surface area contributed by atoms with Crippen LogP contribution in [0.15, 0.2) is 30.3 Å². The Kier molecular flexibility index (Phi) is 8.92. The zero-order chi connectivity index (χ0) is 32.0. The fraction of sp³-hybridized carbons (Fsp3) is 0.656. The maximum Gasteiger partial charge on any atom is 0.494 e. The predicted molar refractivity (Wildman–Crippen MR) is 167 cm³/mol. The van der Waals surface area contributed by atoms with Gasteiger partial charge >= 0.3 is 13.2 Å². The summed E-state index contributed by atoms with van der Waals surface area (Å²) in [6, 6.07) is 8.36. The number of rotatable bonds is 7. The largest absolute Gasteiger partial charge is 0.494 e. The van der Waals surface area contributed by atoms with Gasteiger partial charge in [-0.05, 0) is 104 Å². The van der Waals surface area contributed by atoms with E-state index in [1.165, 1.54) is 0 Å². The van der Waals surface area contributed by atoms with Gasteiger partial charge in [0.2, 0.25) is 0 Å². The normalized spacial score (nSPS) is 26.0. The minimum Gasteiger partial charge on any atom is -0.467 e. The van der Waals surface area contributed by atoms with E-state index in [0.29, 0.717) is 30.1 Å². The number of fused-ring (bicyclic) bond motifs is 2.